The number of pyridine rings is 1. The maximum absolute atomic E-state index is 11.3. The van der Waals surface area contributed by atoms with Crippen LogP contribution < -0.4 is 4.73 Å². The van der Waals surface area contributed by atoms with Gasteiger partial charge in [-0.05, 0) is 29.0 Å². The Morgan fingerprint density at radius 1 is 0.867 bits per heavy atom. The van der Waals surface area contributed by atoms with E-state index in [4.69, 9.17) is 0 Å². The Labute approximate surface area is 96.3 Å². The molecule has 0 atom stereocenters. The van der Waals surface area contributed by atoms with E-state index in [1.54, 1.807) is 16.9 Å². The van der Waals surface area contributed by atoms with E-state index < -0.39 is 0 Å². The maximum Gasteiger partial charge on any atom is 0.262 e. The minimum Gasteiger partial charge on any atom is -0.618 e. The van der Waals surface area contributed by atoms with Crippen molar-refractivity contribution in [3.8, 4) is 0 Å². The molecule has 0 unspecified atom stereocenters. The van der Waals surface area contributed by atoms with E-state index >= 15 is 0 Å². The molecule has 76 valence electrons. The van der Waals surface area contributed by atoms with Gasteiger partial charge in [0.05, 0.1) is 0 Å². The van der Waals surface area contributed by atoms with Gasteiger partial charge in [0, 0.05) is 27.8 Å². The third-order valence-corrected chi connectivity index (χ3v) is 4.13. The first kappa shape index (κ1) is 10.4. The summed E-state index contributed by atoms with van der Waals surface area (Å²) >= 11 is 0. The highest BCUT2D eigenvalue weighted by atomic mass is 33.1. The van der Waals surface area contributed by atoms with Crippen LogP contribution >= 0.6 is 21.6 Å². The van der Waals surface area contributed by atoms with Crippen LogP contribution in [-0.2, 0) is 0 Å². The quantitative estimate of drug-likeness (QED) is 0.464. The Morgan fingerprint density at radius 3 is 2.33 bits per heavy atom. The summed E-state index contributed by atoms with van der Waals surface area (Å²) in [6, 6.07) is 15.4. The van der Waals surface area contributed by atoms with Gasteiger partial charge in [-0.3, -0.25) is 0 Å². The van der Waals surface area contributed by atoms with Crippen molar-refractivity contribution < 1.29 is 4.73 Å². The van der Waals surface area contributed by atoms with E-state index in [9.17, 15) is 5.21 Å². The number of benzene rings is 1. The lowest BCUT2D eigenvalue weighted by molar-refractivity contribution is -0.645. The lowest BCUT2D eigenvalue weighted by Crippen LogP contribution is -2.27. The number of aromatic nitrogens is 1. The summed E-state index contributed by atoms with van der Waals surface area (Å²) in [5, 5.41) is 12.0. The second kappa shape index (κ2) is 5.09. The third kappa shape index (κ3) is 2.91. The van der Waals surface area contributed by atoms with E-state index in [2.05, 4.69) is 0 Å². The minimum absolute atomic E-state index is 0.700. The van der Waals surface area contributed by atoms with Gasteiger partial charge in [0.25, 0.3) is 5.03 Å². The first-order valence-electron chi connectivity index (χ1n) is 4.44. The summed E-state index contributed by atoms with van der Waals surface area (Å²) in [4.78, 5) is 1.14. The van der Waals surface area contributed by atoms with Gasteiger partial charge in [0.1, 0.15) is 0 Å². The molecule has 2 nitrogen and oxygen atoms in total. The van der Waals surface area contributed by atoms with Gasteiger partial charge in [0.2, 0.25) is 0 Å². The van der Waals surface area contributed by atoms with E-state index in [0.717, 1.165) is 9.63 Å². The number of hydrogen-bond acceptors (Lipinski definition) is 3. The van der Waals surface area contributed by atoms with Crippen molar-refractivity contribution in [2.24, 2.45) is 0 Å². The molecule has 0 aliphatic heterocycles. The van der Waals surface area contributed by atoms with Gasteiger partial charge < -0.3 is 5.21 Å². The second-order valence-electron chi connectivity index (χ2n) is 2.84. The fraction of sp³-hybridized carbons (Fsp3) is 0. The average Bonchev–Trinajstić information content (AvgIpc) is 2.29. The van der Waals surface area contributed by atoms with Crippen molar-refractivity contribution in [1.82, 2.24) is 0 Å². The summed E-state index contributed by atoms with van der Waals surface area (Å²) < 4.78 is 0.876. The molecular weight excluding hydrogens is 226 g/mol. The van der Waals surface area contributed by atoms with Gasteiger partial charge in [-0.1, -0.05) is 18.2 Å². The molecular formula is C11H9NOS2. The Balaban J connectivity index is 2.03. The zero-order chi connectivity index (χ0) is 10.5. The molecule has 0 aliphatic rings. The summed E-state index contributed by atoms with van der Waals surface area (Å²) in [6.45, 7) is 0. The standard InChI is InChI=1S/C11H9NOS2/c13-12-9-5-4-8-11(12)15-14-10-6-2-1-3-7-10/h1-9H. The van der Waals surface area contributed by atoms with Gasteiger partial charge in [0.15, 0.2) is 6.20 Å². The number of nitrogens with zero attached hydrogens (tertiary/aromatic N) is 1. The summed E-state index contributed by atoms with van der Waals surface area (Å²) in [5.41, 5.74) is 0. The molecule has 0 N–H and O–H groups in total. The van der Waals surface area contributed by atoms with Crippen molar-refractivity contribution in [2.45, 2.75) is 9.92 Å². The Bertz CT molecular complexity index is 434. The third-order valence-electron chi connectivity index (χ3n) is 1.76. The predicted molar refractivity (Wildman–Crippen MR) is 63.6 cm³/mol. The fourth-order valence-electron chi connectivity index (χ4n) is 1.04. The Kier molecular flexibility index (Phi) is 3.53. The van der Waals surface area contributed by atoms with Gasteiger partial charge in [-0.25, -0.2) is 0 Å². The van der Waals surface area contributed by atoms with Crippen LogP contribution in [0, 0.1) is 5.21 Å². The van der Waals surface area contributed by atoms with Crippen molar-refractivity contribution in [2.75, 3.05) is 0 Å². The Hall–Kier alpha value is -1.13. The molecule has 1 aromatic carbocycles. The monoisotopic (exact) mass is 235 g/mol. The molecule has 1 aromatic heterocycles. The van der Waals surface area contributed by atoms with Crippen LogP contribution in [0.5, 0.6) is 0 Å². The maximum atomic E-state index is 11.3. The molecule has 0 aliphatic carbocycles. The van der Waals surface area contributed by atoms with Gasteiger partial charge >= 0.3 is 0 Å². The van der Waals surface area contributed by atoms with Crippen molar-refractivity contribution in [3.63, 3.8) is 0 Å². The normalized spacial score (nSPS) is 10.1. The van der Waals surface area contributed by atoms with E-state index in [0.29, 0.717) is 5.03 Å². The molecule has 0 radical (unpaired) electrons. The molecule has 0 bridgehead atoms. The Morgan fingerprint density at radius 2 is 1.60 bits per heavy atom. The highest BCUT2D eigenvalue weighted by Crippen LogP contribution is 2.34. The molecule has 0 saturated carbocycles. The van der Waals surface area contributed by atoms with E-state index in [1.807, 2.05) is 42.5 Å². The SMILES string of the molecule is [O-][n+]1ccccc1SSc1ccccc1. The minimum atomic E-state index is 0.700. The largest absolute Gasteiger partial charge is 0.618 e. The fourth-order valence-corrected chi connectivity index (χ4v) is 3.03. The van der Waals surface area contributed by atoms with Crippen LogP contribution in [0.2, 0.25) is 0 Å². The second-order valence-corrected chi connectivity index (χ2v) is 5.07. The highest BCUT2D eigenvalue weighted by molar-refractivity contribution is 8.76. The topological polar surface area (TPSA) is 26.9 Å². The lowest BCUT2D eigenvalue weighted by atomic mass is 10.4. The predicted octanol–water partition coefficient (Wildman–Crippen LogP) is 3.12. The summed E-state index contributed by atoms with van der Waals surface area (Å²) in [5.74, 6) is 0. The molecule has 0 amide bonds. The summed E-state index contributed by atoms with van der Waals surface area (Å²) in [7, 11) is 3.05. The molecule has 2 aromatic rings. The molecule has 2 rings (SSSR count). The summed E-state index contributed by atoms with van der Waals surface area (Å²) in [6.07, 6.45) is 1.51. The number of rotatable bonds is 3. The van der Waals surface area contributed by atoms with Crippen molar-refractivity contribution >= 4 is 21.6 Å². The highest BCUT2D eigenvalue weighted by Gasteiger charge is 2.04. The van der Waals surface area contributed by atoms with Crippen molar-refractivity contribution in [3.05, 3.63) is 59.9 Å². The zero-order valence-electron chi connectivity index (χ0n) is 7.87. The van der Waals surface area contributed by atoms with Gasteiger partial charge in [-0.2, -0.15) is 4.73 Å². The van der Waals surface area contributed by atoms with Gasteiger partial charge in [-0.15, -0.1) is 0 Å². The van der Waals surface area contributed by atoms with Crippen LogP contribution in [0.15, 0.2) is 64.6 Å². The zero-order valence-corrected chi connectivity index (χ0v) is 9.50. The number of hydrogen-bond donors (Lipinski definition) is 0. The van der Waals surface area contributed by atoms with Crippen LogP contribution in [0.4, 0.5) is 0 Å². The lowest BCUT2D eigenvalue weighted by Gasteiger charge is -2.02. The molecule has 0 fully saturated rings. The average molecular weight is 235 g/mol. The molecule has 4 heteroatoms. The molecule has 1 heterocycles. The first-order valence-corrected chi connectivity index (χ1v) is 6.59. The van der Waals surface area contributed by atoms with Crippen LogP contribution in [0.25, 0.3) is 0 Å². The first-order chi connectivity index (χ1) is 7.36. The van der Waals surface area contributed by atoms with E-state index in [1.165, 1.54) is 17.0 Å². The van der Waals surface area contributed by atoms with Crippen LogP contribution in [0.3, 0.4) is 0 Å². The van der Waals surface area contributed by atoms with Crippen LogP contribution in [0.1, 0.15) is 0 Å². The van der Waals surface area contributed by atoms with Crippen molar-refractivity contribution in [1.29, 1.82) is 0 Å². The smallest absolute Gasteiger partial charge is 0.262 e. The molecule has 0 spiro atoms. The molecule has 15 heavy (non-hydrogen) atoms. The molecule has 0 saturated heterocycles. The van der Waals surface area contributed by atoms with Crippen LogP contribution in [-0.4, -0.2) is 0 Å². The van der Waals surface area contributed by atoms with E-state index in [-0.39, 0.29) is 0 Å².